The Balaban J connectivity index is 3.20. The maximum Gasteiger partial charge on any atom is 0.215 e. The molecule has 0 saturated carbocycles. The van der Waals surface area contributed by atoms with Gasteiger partial charge in [0.05, 0.1) is 18.9 Å². The summed E-state index contributed by atoms with van der Waals surface area (Å²) < 4.78 is 10.1. The van der Waals surface area contributed by atoms with Crippen molar-refractivity contribution in [3.8, 4) is 5.88 Å². The fourth-order valence-electron chi connectivity index (χ4n) is 1.14. The summed E-state index contributed by atoms with van der Waals surface area (Å²) in [5.74, 6) is 0.707. The molecular formula is C9H15N3O2. The molecule has 5 heteroatoms. The lowest BCUT2D eigenvalue weighted by molar-refractivity contribution is 0.120. The van der Waals surface area contributed by atoms with Gasteiger partial charge in [0.1, 0.15) is 0 Å². The Kier molecular flexibility index (Phi) is 3.14. The van der Waals surface area contributed by atoms with Gasteiger partial charge in [-0.3, -0.25) is 0 Å². The SMILES string of the molecule is COc1cc(C(C)OC)c(N)c(N)n1. The van der Waals surface area contributed by atoms with Gasteiger partial charge in [-0.05, 0) is 6.92 Å². The van der Waals surface area contributed by atoms with Gasteiger partial charge in [0, 0.05) is 18.7 Å². The Morgan fingerprint density at radius 2 is 2.00 bits per heavy atom. The number of hydrogen-bond acceptors (Lipinski definition) is 5. The van der Waals surface area contributed by atoms with Crippen LogP contribution in [0.25, 0.3) is 0 Å². The van der Waals surface area contributed by atoms with Gasteiger partial charge >= 0.3 is 0 Å². The maximum absolute atomic E-state index is 5.76. The van der Waals surface area contributed by atoms with Crippen molar-refractivity contribution in [2.45, 2.75) is 13.0 Å². The van der Waals surface area contributed by atoms with Crippen molar-refractivity contribution in [3.63, 3.8) is 0 Å². The van der Waals surface area contributed by atoms with E-state index in [1.807, 2.05) is 6.92 Å². The molecule has 0 aromatic carbocycles. The smallest absolute Gasteiger partial charge is 0.215 e. The van der Waals surface area contributed by atoms with Crippen LogP contribution in [-0.2, 0) is 4.74 Å². The molecule has 1 unspecified atom stereocenters. The lowest BCUT2D eigenvalue weighted by atomic mass is 10.1. The van der Waals surface area contributed by atoms with E-state index in [0.29, 0.717) is 11.6 Å². The molecule has 14 heavy (non-hydrogen) atoms. The molecule has 1 aromatic heterocycles. The molecule has 0 radical (unpaired) electrons. The average molecular weight is 197 g/mol. The number of rotatable bonds is 3. The number of anilines is 2. The van der Waals surface area contributed by atoms with Crippen LogP contribution in [0.1, 0.15) is 18.6 Å². The zero-order valence-corrected chi connectivity index (χ0v) is 8.57. The second kappa shape index (κ2) is 4.15. The highest BCUT2D eigenvalue weighted by atomic mass is 16.5. The fraction of sp³-hybridized carbons (Fsp3) is 0.444. The lowest BCUT2D eigenvalue weighted by Crippen LogP contribution is -2.07. The molecule has 5 nitrogen and oxygen atoms in total. The van der Waals surface area contributed by atoms with E-state index in [2.05, 4.69) is 4.98 Å². The van der Waals surface area contributed by atoms with Gasteiger partial charge in [0.15, 0.2) is 5.82 Å². The first-order valence-electron chi connectivity index (χ1n) is 4.22. The van der Waals surface area contributed by atoms with Gasteiger partial charge in [-0.15, -0.1) is 0 Å². The number of ether oxygens (including phenoxy) is 2. The molecule has 4 N–H and O–H groups in total. The van der Waals surface area contributed by atoms with Gasteiger partial charge in [0.2, 0.25) is 5.88 Å². The molecule has 1 heterocycles. The van der Waals surface area contributed by atoms with Crippen LogP contribution >= 0.6 is 0 Å². The highest BCUT2D eigenvalue weighted by Crippen LogP contribution is 2.29. The monoisotopic (exact) mass is 197 g/mol. The quantitative estimate of drug-likeness (QED) is 0.754. The fourth-order valence-corrected chi connectivity index (χ4v) is 1.14. The molecule has 0 fully saturated rings. The van der Waals surface area contributed by atoms with E-state index in [1.165, 1.54) is 7.11 Å². The molecule has 0 aliphatic heterocycles. The van der Waals surface area contributed by atoms with E-state index in [4.69, 9.17) is 20.9 Å². The van der Waals surface area contributed by atoms with Gasteiger partial charge in [-0.25, -0.2) is 0 Å². The van der Waals surface area contributed by atoms with Crippen molar-refractivity contribution in [2.24, 2.45) is 0 Å². The van der Waals surface area contributed by atoms with Gasteiger partial charge < -0.3 is 20.9 Å². The van der Waals surface area contributed by atoms with Crippen LogP contribution < -0.4 is 16.2 Å². The van der Waals surface area contributed by atoms with Crippen LogP contribution in [0.5, 0.6) is 5.88 Å². The van der Waals surface area contributed by atoms with Crippen LogP contribution in [0.2, 0.25) is 0 Å². The minimum absolute atomic E-state index is 0.130. The molecule has 78 valence electrons. The van der Waals surface area contributed by atoms with Crippen LogP contribution in [0.4, 0.5) is 11.5 Å². The molecule has 1 aromatic rings. The van der Waals surface area contributed by atoms with Gasteiger partial charge in [-0.2, -0.15) is 4.98 Å². The third-order valence-corrected chi connectivity index (χ3v) is 2.10. The van der Waals surface area contributed by atoms with E-state index < -0.39 is 0 Å². The normalized spacial score (nSPS) is 12.5. The highest BCUT2D eigenvalue weighted by molar-refractivity contribution is 5.65. The standard InChI is InChI=1S/C9H15N3O2/c1-5(13-2)6-4-7(14-3)12-9(11)8(6)10/h4-5H,10H2,1-3H3,(H2,11,12). The zero-order chi connectivity index (χ0) is 10.7. The van der Waals surface area contributed by atoms with Crippen LogP contribution in [0.3, 0.4) is 0 Å². The van der Waals surface area contributed by atoms with Crippen molar-refractivity contribution in [1.82, 2.24) is 4.98 Å². The summed E-state index contributed by atoms with van der Waals surface area (Å²) >= 11 is 0. The Hall–Kier alpha value is -1.49. The molecule has 1 atom stereocenters. The van der Waals surface area contributed by atoms with E-state index in [9.17, 15) is 0 Å². The van der Waals surface area contributed by atoms with Crippen molar-refractivity contribution in [1.29, 1.82) is 0 Å². The van der Waals surface area contributed by atoms with Crippen LogP contribution in [-0.4, -0.2) is 19.2 Å². The number of nitrogens with zero attached hydrogens (tertiary/aromatic N) is 1. The third-order valence-electron chi connectivity index (χ3n) is 2.10. The summed E-state index contributed by atoms with van der Waals surface area (Å²) in [5.41, 5.74) is 12.6. The first-order chi connectivity index (χ1) is 6.60. The number of pyridine rings is 1. The maximum atomic E-state index is 5.76. The van der Waals surface area contributed by atoms with Crippen molar-refractivity contribution in [2.75, 3.05) is 25.7 Å². The second-order valence-electron chi connectivity index (χ2n) is 2.93. The number of nitrogens with two attached hydrogens (primary N) is 2. The van der Waals surface area contributed by atoms with Gasteiger partial charge in [0.25, 0.3) is 0 Å². The Morgan fingerprint density at radius 1 is 1.36 bits per heavy atom. The summed E-state index contributed by atoms with van der Waals surface area (Å²) in [6.07, 6.45) is -0.130. The molecule has 0 aliphatic rings. The molecule has 0 saturated heterocycles. The summed E-state index contributed by atoms with van der Waals surface area (Å²) in [5, 5.41) is 0. The van der Waals surface area contributed by atoms with E-state index in [1.54, 1.807) is 13.2 Å². The molecule has 0 amide bonds. The van der Waals surface area contributed by atoms with Crippen molar-refractivity contribution in [3.05, 3.63) is 11.6 Å². The topological polar surface area (TPSA) is 83.4 Å². The second-order valence-corrected chi connectivity index (χ2v) is 2.93. The zero-order valence-electron chi connectivity index (χ0n) is 8.57. The summed E-state index contributed by atoms with van der Waals surface area (Å²) in [7, 11) is 3.13. The van der Waals surface area contributed by atoms with Crippen LogP contribution in [0, 0.1) is 0 Å². The summed E-state index contributed by atoms with van der Waals surface area (Å²) in [6.45, 7) is 1.88. The first-order valence-corrected chi connectivity index (χ1v) is 4.22. The van der Waals surface area contributed by atoms with E-state index >= 15 is 0 Å². The molecule has 1 rings (SSSR count). The van der Waals surface area contributed by atoms with Crippen molar-refractivity contribution < 1.29 is 9.47 Å². The lowest BCUT2D eigenvalue weighted by Gasteiger charge is -2.14. The molecule has 0 bridgehead atoms. The van der Waals surface area contributed by atoms with E-state index in [0.717, 1.165) is 5.56 Å². The highest BCUT2D eigenvalue weighted by Gasteiger charge is 2.13. The summed E-state index contributed by atoms with van der Waals surface area (Å²) in [4.78, 5) is 3.94. The Morgan fingerprint density at radius 3 is 2.50 bits per heavy atom. The largest absolute Gasteiger partial charge is 0.481 e. The van der Waals surface area contributed by atoms with Gasteiger partial charge in [-0.1, -0.05) is 0 Å². The first kappa shape index (κ1) is 10.6. The Labute approximate surface area is 83.0 Å². The minimum Gasteiger partial charge on any atom is -0.481 e. The van der Waals surface area contributed by atoms with Crippen molar-refractivity contribution >= 4 is 11.5 Å². The number of nitrogen functional groups attached to an aromatic ring is 2. The number of methoxy groups -OCH3 is 2. The summed E-state index contributed by atoms with van der Waals surface area (Å²) in [6, 6.07) is 1.72. The van der Waals surface area contributed by atoms with Crippen LogP contribution in [0.15, 0.2) is 6.07 Å². The van der Waals surface area contributed by atoms with E-state index in [-0.39, 0.29) is 11.9 Å². The predicted molar refractivity (Wildman–Crippen MR) is 55.0 cm³/mol. The average Bonchev–Trinajstić information content (AvgIpc) is 2.20. The minimum atomic E-state index is -0.130. The predicted octanol–water partition coefficient (Wildman–Crippen LogP) is 0.962. The molecule has 0 spiro atoms. The third kappa shape index (κ3) is 1.88. The Bertz CT molecular complexity index is 328. The molecule has 0 aliphatic carbocycles. The number of aromatic nitrogens is 1. The molecular weight excluding hydrogens is 182 g/mol. The number of hydrogen-bond donors (Lipinski definition) is 2.